The maximum absolute atomic E-state index is 13.8. The summed E-state index contributed by atoms with van der Waals surface area (Å²) in [5, 5.41) is 10.2. The van der Waals surface area contributed by atoms with Crippen molar-refractivity contribution in [3.63, 3.8) is 0 Å². The van der Waals surface area contributed by atoms with Crippen molar-refractivity contribution in [2.45, 2.75) is 10.1 Å². The zero-order valence-electron chi connectivity index (χ0n) is 10.7. The van der Waals surface area contributed by atoms with E-state index in [-0.39, 0.29) is 10.5 Å². The van der Waals surface area contributed by atoms with Gasteiger partial charge in [-0.05, 0) is 36.0 Å². The summed E-state index contributed by atoms with van der Waals surface area (Å²) < 4.78 is 13.8. The molecule has 0 amide bonds. The van der Waals surface area contributed by atoms with Crippen molar-refractivity contribution < 1.29 is 14.3 Å². The van der Waals surface area contributed by atoms with E-state index in [0.29, 0.717) is 5.16 Å². The molecule has 0 aliphatic rings. The molecule has 0 aliphatic heterocycles. The number of rotatable bonds is 3. The molecule has 0 unspecified atom stereocenters. The van der Waals surface area contributed by atoms with Crippen LogP contribution in [0.5, 0.6) is 0 Å². The van der Waals surface area contributed by atoms with Crippen LogP contribution in [0.4, 0.5) is 4.39 Å². The predicted molar refractivity (Wildman–Crippen MR) is 77.0 cm³/mol. The first-order valence-corrected chi connectivity index (χ1v) is 6.87. The summed E-state index contributed by atoms with van der Waals surface area (Å²) >= 11 is 1.00. The van der Waals surface area contributed by atoms with Crippen molar-refractivity contribution in [3.8, 4) is 0 Å². The number of halogens is 1. The molecule has 0 atom stereocenters. The lowest BCUT2D eigenvalue weighted by Crippen LogP contribution is -1.97. The normalized spacial score (nSPS) is 10.7. The summed E-state index contributed by atoms with van der Waals surface area (Å²) in [6, 6.07) is 11.1. The van der Waals surface area contributed by atoms with Crippen LogP contribution in [0, 0.1) is 5.82 Å². The molecular formula is C15H9FN2O2S. The van der Waals surface area contributed by atoms with Gasteiger partial charge < -0.3 is 5.11 Å². The minimum Gasteiger partial charge on any atom is -0.478 e. The highest BCUT2D eigenvalue weighted by Crippen LogP contribution is 2.29. The quantitative estimate of drug-likeness (QED) is 0.748. The molecule has 0 saturated heterocycles. The second kappa shape index (κ2) is 5.49. The molecular weight excluding hydrogens is 291 g/mol. The third-order valence-electron chi connectivity index (χ3n) is 2.85. The van der Waals surface area contributed by atoms with Gasteiger partial charge in [0, 0.05) is 11.6 Å². The molecule has 0 bridgehead atoms. The molecule has 21 heavy (non-hydrogen) atoms. The molecule has 0 saturated carbocycles. The topological polar surface area (TPSA) is 63.1 Å². The fourth-order valence-electron chi connectivity index (χ4n) is 1.82. The van der Waals surface area contributed by atoms with E-state index in [1.54, 1.807) is 6.20 Å². The van der Waals surface area contributed by atoms with Crippen LogP contribution >= 0.6 is 11.8 Å². The van der Waals surface area contributed by atoms with Crippen molar-refractivity contribution in [2.75, 3.05) is 0 Å². The highest BCUT2D eigenvalue weighted by Gasteiger charge is 2.11. The molecule has 1 heterocycles. The molecule has 104 valence electrons. The Hall–Kier alpha value is -2.47. The molecule has 4 nitrogen and oxygen atoms in total. The average Bonchev–Trinajstić information content (AvgIpc) is 2.49. The van der Waals surface area contributed by atoms with Gasteiger partial charge in [-0.1, -0.05) is 18.2 Å². The smallest absolute Gasteiger partial charge is 0.335 e. The van der Waals surface area contributed by atoms with Gasteiger partial charge in [0.15, 0.2) is 5.16 Å². The number of hydrogen-bond donors (Lipinski definition) is 1. The van der Waals surface area contributed by atoms with E-state index in [4.69, 9.17) is 5.11 Å². The standard InChI is InChI=1S/C15H9FN2O2S/c16-11-6-5-9(14(19)20)7-13(11)21-15-17-8-10-3-1-2-4-12(10)18-15/h1-8H,(H,19,20). The van der Waals surface area contributed by atoms with E-state index in [1.807, 2.05) is 24.3 Å². The van der Waals surface area contributed by atoms with E-state index in [9.17, 15) is 9.18 Å². The van der Waals surface area contributed by atoms with Crippen molar-refractivity contribution >= 4 is 28.6 Å². The number of benzene rings is 2. The lowest BCUT2D eigenvalue weighted by molar-refractivity contribution is 0.0696. The molecule has 2 aromatic carbocycles. The second-order valence-electron chi connectivity index (χ2n) is 4.26. The summed E-state index contributed by atoms with van der Waals surface area (Å²) in [4.78, 5) is 19.6. The van der Waals surface area contributed by atoms with Crippen LogP contribution in [0.1, 0.15) is 10.4 Å². The summed E-state index contributed by atoms with van der Waals surface area (Å²) in [7, 11) is 0. The van der Waals surface area contributed by atoms with Crippen molar-refractivity contribution in [1.82, 2.24) is 9.97 Å². The van der Waals surface area contributed by atoms with Gasteiger partial charge in [0.1, 0.15) is 5.82 Å². The zero-order valence-corrected chi connectivity index (χ0v) is 11.5. The van der Waals surface area contributed by atoms with Gasteiger partial charge in [0.25, 0.3) is 0 Å². The van der Waals surface area contributed by atoms with Gasteiger partial charge >= 0.3 is 5.97 Å². The van der Waals surface area contributed by atoms with Crippen LogP contribution in [0.15, 0.2) is 58.7 Å². The van der Waals surface area contributed by atoms with Gasteiger partial charge in [-0.15, -0.1) is 0 Å². The van der Waals surface area contributed by atoms with Gasteiger partial charge in [0.2, 0.25) is 0 Å². The van der Waals surface area contributed by atoms with Crippen LogP contribution in [0.25, 0.3) is 10.9 Å². The van der Waals surface area contributed by atoms with Crippen LogP contribution in [0.3, 0.4) is 0 Å². The Bertz CT molecular complexity index is 839. The Morgan fingerprint density at radius 1 is 1.19 bits per heavy atom. The first-order valence-electron chi connectivity index (χ1n) is 6.06. The fourth-order valence-corrected chi connectivity index (χ4v) is 2.61. The number of nitrogens with zero attached hydrogens (tertiary/aromatic N) is 2. The lowest BCUT2D eigenvalue weighted by atomic mass is 10.2. The minimum absolute atomic E-state index is 0.0275. The second-order valence-corrected chi connectivity index (χ2v) is 5.27. The van der Waals surface area contributed by atoms with Crippen molar-refractivity contribution in [1.29, 1.82) is 0 Å². The molecule has 0 spiro atoms. The number of fused-ring (bicyclic) bond motifs is 1. The number of carboxylic acid groups (broad SMARTS) is 1. The lowest BCUT2D eigenvalue weighted by Gasteiger charge is -2.04. The monoisotopic (exact) mass is 300 g/mol. The number of carboxylic acids is 1. The molecule has 3 rings (SSSR count). The van der Waals surface area contributed by atoms with E-state index < -0.39 is 11.8 Å². The Labute approximate surface area is 123 Å². The third-order valence-corrected chi connectivity index (χ3v) is 3.76. The first-order chi connectivity index (χ1) is 10.1. The first kappa shape index (κ1) is 13.5. The molecule has 0 fully saturated rings. The number of aromatic carboxylic acids is 1. The highest BCUT2D eigenvalue weighted by atomic mass is 32.2. The summed E-state index contributed by atoms with van der Waals surface area (Å²) in [5.41, 5.74) is 0.782. The van der Waals surface area contributed by atoms with Gasteiger partial charge in [-0.3, -0.25) is 0 Å². The maximum atomic E-state index is 13.8. The largest absolute Gasteiger partial charge is 0.478 e. The predicted octanol–water partition coefficient (Wildman–Crippen LogP) is 3.62. The fraction of sp³-hybridized carbons (Fsp3) is 0. The molecule has 6 heteroatoms. The molecule has 0 radical (unpaired) electrons. The third kappa shape index (κ3) is 2.85. The van der Waals surface area contributed by atoms with Gasteiger partial charge in [-0.25, -0.2) is 19.2 Å². The summed E-state index contributed by atoms with van der Waals surface area (Å²) in [6.07, 6.45) is 1.66. The van der Waals surface area contributed by atoms with Crippen molar-refractivity contribution in [2.24, 2.45) is 0 Å². The maximum Gasteiger partial charge on any atom is 0.335 e. The van der Waals surface area contributed by atoms with Gasteiger partial charge in [0.05, 0.1) is 16.0 Å². The van der Waals surface area contributed by atoms with Crippen LogP contribution in [0.2, 0.25) is 0 Å². The van der Waals surface area contributed by atoms with Gasteiger partial charge in [-0.2, -0.15) is 0 Å². The number of para-hydroxylation sites is 1. The van der Waals surface area contributed by atoms with Crippen LogP contribution < -0.4 is 0 Å². The average molecular weight is 300 g/mol. The number of aromatic nitrogens is 2. The summed E-state index contributed by atoms with van der Waals surface area (Å²) in [5.74, 6) is -1.60. The zero-order chi connectivity index (χ0) is 14.8. The van der Waals surface area contributed by atoms with Crippen LogP contribution in [-0.2, 0) is 0 Å². The van der Waals surface area contributed by atoms with Crippen LogP contribution in [-0.4, -0.2) is 21.0 Å². The molecule has 0 aliphatic carbocycles. The van der Waals surface area contributed by atoms with E-state index in [2.05, 4.69) is 9.97 Å². The Morgan fingerprint density at radius 2 is 2.00 bits per heavy atom. The molecule has 3 aromatic rings. The number of carbonyl (C=O) groups is 1. The van der Waals surface area contributed by atoms with E-state index >= 15 is 0 Å². The highest BCUT2D eigenvalue weighted by molar-refractivity contribution is 7.99. The molecule has 1 N–H and O–H groups in total. The number of hydrogen-bond acceptors (Lipinski definition) is 4. The minimum atomic E-state index is -1.10. The van der Waals surface area contributed by atoms with E-state index in [1.165, 1.54) is 12.1 Å². The Kier molecular flexibility index (Phi) is 3.53. The Balaban J connectivity index is 1.98. The van der Waals surface area contributed by atoms with Crippen molar-refractivity contribution in [3.05, 3.63) is 60.0 Å². The molecule has 1 aromatic heterocycles. The summed E-state index contributed by atoms with van der Waals surface area (Å²) in [6.45, 7) is 0. The Morgan fingerprint density at radius 3 is 2.81 bits per heavy atom. The van der Waals surface area contributed by atoms with E-state index in [0.717, 1.165) is 28.7 Å². The SMILES string of the molecule is O=C(O)c1ccc(F)c(Sc2ncc3ccccc3n2)c1.